The minimum Gasteiger partial charge on any atom is -0.464 e. The Labute approximate surface area is 126 Å². The van der Waals surface area contributed by atoms with Gasteiger partial charge in [-0.3, -0.25) is 10.9 Å². The molecule has 0 unspecified atom stereocenters. The van der Waals surface area contributed by atoms with E-state index in [2.05, 4.69) is 35.8 Å². The van der Waals surface area contributed by atoms with Crippen LogP contribution >= 0.6 is 0 Å². The van der Waals surface area contributed by atoms with Crippen LogP contribution in [0.4, 0.5) is 11.6 Å². The Bertz CT molecular complexity index is 658. The third-order valence-electron chi connectivity index (χ3n) is 2.38. The fraction of sp³-hybridized carbons (Fsp3) is 0.0714. The van der Waals surface area contributed by atoms with E-state index >= 15 is 0 Å². The number of hydrazone groups is 2. The summed E-state index contributed by atoms with van der Waals surface area (Å²) in [5.41, 5.74) is 5.31. The van der Waals surface area contributed by atoms with Crippen LogP contribution < -0.4 is 10.9 Å². The number of rotatable bonds is 6. The zero-order valence-corrected chi connectivity index (χ0v) is 11.8. The highest BCUT2D eigenvalue weighted by Gasteiger charge is 2.09. The van der Waals surface area contributed by atoms with Gasteiger partial charge in [0, 0.05) is 12.4 Å². The highest BCUT2D eigenvalue weighted by atomic mass is 16.5. The first-order valence-corrected chi connectivity index (χ1v) is 6.33. The van der Waals surface area contributed by atoms with Crippen molar-refractivity contribution in [3.05, 3.63) is 48.8 Å². The van der Waals surface area contributed by atoms with Crippen LogP contribution in [0.25, 0.3) is 0 Å². The maximum atomic E-state index is 11.6. The monoisotopic (exact) mass is 298 g/mol. The van der Waals surface area contributed by atoms with E-state index in [9.17, 15) is 4.79 Å². The SMILES string of the molecule is COC(=O)C(C=NNc1ccccn1)=NNc1ccccn1. The van der Waals surface area contributed by atoms with Gasteiger partial charge in [0.25, 0.3) is 0 Å². The molecule has 0 spiro atoms. The Morgan fingerprint density at radius 1 is 1.09 bits per heavy atom. The Morgan fingerprint density at radius 2 is 1.73 bits per heavy atom. The number of hydrogen-bond acceptors (Lipinski definition) is 8. The Morgan fingerprint density at radius 3 is 2.27 bits per heavy atom. The molecule has 8 nitrogen and oxygen atoms in total. The third kappa shape index (κ3) is 4.67. The lowest BCUT2D eigenvalue weighted by Crippen LogP contribution is -2.19. The number of anilines is 2. The highest BCUT2D eigenvalue weighted by Crippen LogP contribution is 2.00. The average Bonchev–Trinajstić information content (AvgIpc) is 2.59. The minimum absolute atomic E-state index is 0.0171. The molecule has 0 bridgehead atoms. The van der Waals surface area contributed by atoms with E-state index in [0.29, 0.717) is 11.6 Å². The molecular weight excluding hydrogens is 284 g/mol. The zero-order chi connectivity index (χ0) is 15.6. The predicted octanol–water partition coefficient (Wildman–Crippen LogP) is 1.52. The van der Waals surface area contributed by atoms with Crippen LogP contribution in [-0.2, 0) is 9.53 Å². The number of methoxy groups -OCH3 is 1. The molecule has 0 atom stereocenters. The lowest BCUT2D eigenvalue weighted by Gasteiger charge is -2.02. The van der Waals surface area contributed by atoms with Crippen molar-refractivity contribution < 1.29 is 9.53 Å². The Balaban J connectivity index is 2.04. The van der Waals surface area contributed by atoms with Crippen molar-refractivity contribution in [3.8, 4) is 0 Å². The van der Waals surface area contributed by atoms with E-state index in [-0.39, 0.29) is 5.71 Å². The molecule has 0 aliphatic rings. The quantitative estimate of drug-likeness (QED) is 0.476. The molecule has 0 aliphatic carbocycles. The van der Waals surface area contributed by atoms with Crippen LogP contribution in [0, 0.1) is 0 Å². The molecule has 2 heterocycles. The highest BCUT2D eigenvalue weighted by molar-refractivity contribution is 6.59. The molecule has 0 fully saturated rings. The predicted molar refractivity (Wildman–Crippen MR) is 83.7 cm³/mol. The second kappa shape index (κ2) is 8.10. The number of pyridine rings is 2. The summed E-state index contributed by atoms with van der Waals surface area (Å²) in [5, 5.41) is 7.81. The van der Waals surface area contributed by atoms with E-state index in [0.717, 1.165) is 0 Å². The second-order valence-corrected chi connectivity index (χ2v) is 3.90. The van der Waals surface area contributed by atoms with Gasteiger partial charge in [0.05, 0.1) is 13.3 Å². The molecule has 22 heavy (non-hydrogen) atoms. The van der Waals surface area contributed by atoms with Crippen molar-refractivity contribution in [2.45, 2.75) is 0 Å². The summed E-state index contributed by atoms with van der Waals surface area (Å²) in [4.78, 5) is 19.7. The second-order valence-electron chi connectivity index (χ2n) is 3.90. The molecule has 0 saturated heterocycles. The summed E-state index contributed by atoms with van der Waals surface area (Å²) >= 11 is 0. The van der Waals surface area contributed by atoms with Crippen molar-refractivity contribution in [1.82, 2.24) is 9.97 Å². The standard InChI is InChI=1S/C14H14N6O2/c1-22-14(21)11(18-20-13-7-3-5-9-16-13)10-17-19-12-6-2-4-8-15-12/h2-10H,1H3,(H,15,19)(H,16,20). The minimum atomic E-state index is -0.630. The topological polar surface area (TPSA) is 101 Å². The van der Waals surface area contributed by atoms with E-state index < -0.39 is 5.97 Å². The van der Waals surface area contributed by atoms with Gasteiger partial charge in [0.1, 0.15) is 11.6 Å². The molecule has 8 heteroatoms. The smallest absolute Gasteiger partial charge is 0.360 e. The van der Waals surface area contributed by atoms with Crippen LogP contribution in [0.1, 0.15) is 0 Å². The van der Waals surface area contributed by atoms with Crippen molar-refractivity contribution >= 4 is 29.5 Å². The number of ether oxygens (including phenoxy) is 1. The molecule has 2 aromatic heterocycles. The van der Waals surface area contributed by atoms with Crippen molar-refractivity contribution in [1.29, 1.82) is 0 Å². The summed E-state index contributed by atoms with van der Waals surface area (Å²) in [7, 11) is 1.26. The number of nitrogens with zero attached hydrogens (tertiary/aromatic N) is 4. The lowest BCUT2D eigenvalue weighted by atomic mass is 10.4. The van der Waals surface area contributed by atoms with Crippen LogP contribution in [0.5, 0.6) is 0 Å². The normalized spacial score (nSPS) is 11.2. The molecule has 0 aromatic carbocycles. The van der Waals surface area contributed by atoms with Crippen molar-refractivity contribution in [3.63, 3.8) is 0 Å². The number of carbonyl (C=O) groups is 1. The first-order chi connectivity index (χ1) is 10.8. The molecule has 2 aromatic rings. The lowest BCUT2D eigenvalue weighted by molar-refractivity contribution is -0.132. The van der Waals surface area contributed by atoms with Gasteiger partial charge in [-0.05, 0) is 24.3 Å². The molecule has 112 valence electrons. The van der Waals surface area contributed by atoms with Crippen molar-refractivity contribution in [2.75, 3.05) is 18.0 Å². The average molecular weight is 298 g/mol. The summed E-state index contributed by atoms with van der Waals surface area (Å²) in [6.45, 7) is 0. The maximum absolute atomic E-state index is 11.6. The number of nitrogens with one attached hydrogen (secondary N) is 2. The molecule has 0 saturated carbocycles. The number of esters is 1. The van der Waals surface area contributed by atoms with Gasteiger partial charge >= 0.3 is 5.97 Å². The number of aromatic nitrogens is 2. The van der Waals surface area contributed by atoms with Gasteiger partial charge in [-0.15, -0.1) is 0 Å². The van der Waals surface area contributed by atoms with Crippen LogP contribution in [0.15, 0.2) is 59.0 Å². The summed E-state index contributed by atoms with van der Waals surface area (Å²) in [6, 6.07) is 10.6. The molecule has 0 radical (unpaired) electrons. The summed E-state index contributed by atoms with van der Waals surface area (Å²) in [5.74, 6) is 0.408. The number of hydrogen-bond donors (Lipinski definition) is 2. The molecule has 2 N–H and O–H groups in total. The molecular formula is C14H14N6O2. The Hall–Kier alpha value is -3.29. The van der Waals surface area contributed by atoms with Crippen LogP contribution in [-0.4, -0.2) is 35.0 Å². The summed E-state index contributed by atoms with van der Waals surface area (Å²) < 4.78 is 4.64. The van der Waals surface area contributed by atoms with Gasteiger partial charge in [-0.1, -0.05) is 12.1 Å². The molecule has 0 amide bonds. The van der Waals surface area contributed by atoms with E-state index in [1.165, 1.54) is 13.3 Å². The van der Waals surface area contributed by atoms with Gasteiger partial charge < -0.3 is 4.74 Å². The van der Waals surface area contributed by atoms with E-state index in [4.69, 9.17) is 0 Å². The third-order valence-corrected chi connectivity index (χ3v) is 2.38. The molecule has 0 aliphatic heterocycles. The first-order valence-electron chi connectivity index (χ1n) is 6.33. The zero-order valence-electron chi connectivity index (χ0n) is 11.8. The van der Waals surface area contributed by atoms with Crippen molar-refractivity contribution in [2.24, 2.45) is 10.2 Å². The van der Waals surface area contributed by atoms with Crippen LogP contribution in [0.3, 0.4) is 0 Å². The van der Waals surface area contributed by atoms with Gasteiger partial charge in [-0.25, -0.2) is 14.8 Å². The van der Waals surface area contributed by atoms with E-state index in [1.807, 2.05) is 6.07 Å². The largest absolute Gasteiger partial charge is 0.464 e. The maximum Gasteiger partial charge on any atom is 0.360 e. The fourth-order valence-electron chi connectivity index (χ4n) is 1.37. The first kappa shape index (κ1) is 15.1. The van der Waals surface area contributed by atoms with Gasteiger partial charge in [0.2, 0.25) is 0 Å². The fourth-order valence-corrected chi connectivity index (χ4v) is 1.37. The van der Waals surface area contributed by atoms with E-state index in [1.54, 1.807) is 42.7 Å². The molecule has 2 rings (SSSR count). The van der Waals surface area contributed by atoms with Gasteiger partial charge in [0.15, 0.2) is 5.71 Å². The number of carbonyl (C=O) groups excluding carboxylic acids is 1. The summed E-state index contributed by atoms with van der Waals surface area (Å²) in [6.07, 6.45) is 4.46. The van der Waals surface area contributed by atoms with Gasteiger partial charge in [-0.2, -0.15) is 10.2 Å². The Kier molecular flexibility index (Phi) is 5.56. The van der Waals surface area contributed by atoms with Crippen LogP contribution in [0.2, 0.25) is 0 Å².